The summed E-state index contributed by atoms with van der Waals surface area (Å²) in [6.07, 6.45) is 0.812. The minimum Gasteiger partial charge on any atom is -0.379 e. The van der Waals surface area contributed by atoms with Gasteiger partial charge in [-0.1, -0.05) is 30.3 Å². The Morgan fingerprint density at radius 2 is 1.71 bits per heavy atom. The van der Waals surface area contributed by atoms with E-state index in [-0.39, 0.29) is 10.8 Å². The summed E-state index contributed by atoms with van der Waals surface area (Å²) in [7, 11) is -3.63. The number of fused-ring (bicyclic) bond motifs is 1. The zero-order valence-corrected chi connectivity index (χ0v) is 16.7. The Hall–Kier alpha value is -2.22. The van der Waals surface area contributed by atoms with Crippen molar-refractivity contribution in [3.63, 3.8) is 0 Å². The van der Waals surface area contributed by atoms with Gasteiger partial charge in [-0.3, -0.25) is 4.79 Å². The van der Waals surface area contributed by atoms with E-state index in [0.29, 0.717) is 45.0 Å². The third kappa shape index (κ3) is 3.57. The van der Waals surface area contributed by atoms with Crippen LogP contribution in [0.5, 0.6) is 0 Å². The van der Waals surface area contributed by atoms with Crippen molar-refractivity contribution in [1.29, 1.82) is 0 Å². The normalized spacial score (nSPS) is 18.0. The number of ether oxygens (including phenoxy) is 1. The van der Waals surface area contributed by atoms with E-state index < -0.39 is 10.0 Å². The van der Waals surface area contributed by atoms with Gasteiger partial charge >= 0.3 is 0 Å². The van der Waals surface area contributed by atoms with Crippen LogP contribution < -0.4 is 0 Å². The number of carbonyl (C=O) groups is 1. The van der Waals surface area contributed by atoms with Crippen molar-refractivity contribution in [2.75, 3.05) is 32.8 Å². The van der Waals surface area contributed by atoms with E-state index in [1.54, 1.807) is 17.0 Å². The van der Waals surface area contributed by atoms with Crippen molar-refractivity contribution < 1.29 is 17.9 Å². The fourth-order valence-electron chi connectivity index (χ4n) is 3.77. The van der Waals surface area contributed by atoms with Crippen LogP contribution in [0.25, 0.3) is 0 Å². The van der Waals surface area contributed by atoms with Crippen LogP contribution in [0.2, 0.25) is 0 Å². The molecule has 0 bridgehead atoms. The quantitative estimate of drug-likeness (QED) is 0.792. The maximum absolute atomic E-state index is 13.2. The van der Waals surface area contributed by atoms with Gasteiger partial charge in [0.15, 0.2) is 0 Å². The summed E-state index contributed by atoms with van der Waals surface area (Å²) in [6.45, 7) is 4.49. The summed E-state index contributed by atoms with van der Waals surface area (Å²) in [5, 5.41) is 0. The Morgan fingerprint density at radius 3 is 2.46 bits per heavy atom. The first-order valence-electron chi connectivity index (χ1n) is 9.51. The predicted molar refractivity (Wildman–Crippen MR) is 106 cm³/mol. The zero-order valence-electron chi connectivity index (χ0n) is 15.9. The third-order valence-electron chi connectivity index (χ3n) is 5.47. The molecule has 0 aromatic heterocycles. The number of hydrogen-bond acceptors (Lipinski definition) is 4. The number of rotatable bonds is 3. The zero-order chi connectivity index (χ0) is 19.7. The molecule has 0 unspecified atom stereocenters. The average molecular weight is 401 g/mol. The van der Waals surface area contributed by atoms with Gasteiger partial charge in [-0.25, -0.2) is 8.42 Å². The van der Waals surface area contributed by atoms with Crippen LogP contribution in [0.1, 0.15) is 27.0 Å². The van der Waals surface area contributed by atoms with Crippen LogP contribution in [0.3, 0.4) is 0 Å². The molecule has 1 amide bonds. The molecule has 4 rings (SSSR count). The Morgan fingerprint density at radius 1 is 1.00 bits per heavy atom. The first kappa shape index (κ1) is 19.1. The maximum atomic E-state index is 13.2. The van der Waals surface area contributed by atoms with E-state index in [1.165, 1.54) is 15.9 Å². The number of carbonyl (C=O) groups excluding carboxylic acids is 1. The fraction of sp³-hybridized carbons (Fsp3) is 0.381. The number of nitrogens with zero attached hydrogens (tertiary/aromatic N) is 2. The third-order valence-corrected chi connectivity index (χ3v) is 7.36. The SMILES string of the molecule is Cc1ccc(S(=O)(=O)N2CCOCC2)cc1C(=O)N1CCc2ccccc2C1. The molecule has 2 aromatic rings. The van der Waals surface area contributed by atoms with E-state index in [4.69, 9.17) is 4.74 Å². The minimum atomic E-state index is -3.63. The van der Waals surface area contributed by atoms with Gasteiger partial charge in [0, 0.05) is 31.7 Å². The first-order chi connectivity index (χ1) is 13.5. The number of sulfonamides is 1. The summed E-state index contributed by atoms with van der Waals surface area (Å²) >= 11 is 0. The molecule has 0 spiro atoms. The van der Waals surface area contributed by atoms with Gasteiger partial charge in [0.2, 0.25) is 10.0 Å². The van der Waals surface area contributed by atoms with Crippen LogP contribution in [0.4, 0.5) is 0 Å². The van der Waals surface area contributed by atoms with Crippen molar-refractivity contribution >= 4 is 15.9 Å². The second-order valence-electron chi connectivity index (χ2n) is 7.24. The van der Waals surface area contributed by atoms with Crippen LogP contribution in [0, 0.1) is 6.92 Å². The lowest BCUT2D eigenvalue weighted by atomic mass is 9.98. The fourth-order valence-corrected chi connectivity index (χ4v) is 5.20. The van der Waals surface area contributed by atoms with E-state index in [2.05, 4.69) is 6.07 Å². The van der Waals surface area contributed by atoms with Gasteiger partial charge in [0.05, 0.1) is 18.1 Å². The number of morpholine rings is 1. The largest absolute Gasteiger partial charge is 0.379 e. The summed E-state index contributed by atoms with van der Waals surface area (Å²) in [4.78, 5) is 15.2. The first-order valence-corrected chi connectivity index (χ1v) is 11.0. The Bertz CT molecular complexity index is 997. The van der Waals surface area contributed by atoms with Crippen LogP contribution in [-0.2, 0) is 27.7 Å². The number of hydrogen-bond donors (Lipinski definition) is 0. The van der Waals surface area contributed by atoms with Crippen LogP contribution in [-0.4, -0.2) is 56.4 Å². The molecule has 6 nitrogen and oxygen atoms in total. The number of benzene rings is 2. The summed E-state index contributed by atoms with van der Waals surface area (Å²) in [6, 6.07) is 13.0. The molecular weight excluding hydrogens is 376 g/mol. The molecule has 7 heteroatoms. The van der Waals surface area contributed by atoms with E-state index in [9.17, 15) is 13.2 Å². The van der Waals surface area contributed by atoms with E-state index in [0.717, 1.165) is 17.5 Å². The second kappa shape index (κ2) is 7.66. The molecule has 2 aliphatic rings. The molecule has 1 saturated heterocycles. The highest BCUT2D eigenvalue weighted by molar-refractivity contribution is 7.89. The molecule has 0 aliphatic carbocycles. The molecule has 2 heterocycles. The number of amides is 1. The van der Waals surface area contributed by atoms with Gasteiger partial charge in [0.25, 0.3) is 5.91 Å². The van der Waals surface area contributed by atoms with Gasteiger partial charge < -0.3 is 9.64 Å². The molecule has 0 radical (unpaired) electrons. The van der Waals surface area contributed by atoms with E-state index >= 15 is 0 Å². The Labute approximate surface area is 165 Å². The molecule has 1 fully saturated rings. The summed E-state index contributed by atoms with van der Waals surface area (Å²) < 4.78 is 32.6. The number of aryl methyl sites for hydroxylation is 1. The molecule has 148 valence electrons. The molecular formula is C21H24N2O4S. The molecule has 28 heavy (non-hydrogen) atoms. The topological polar surface area (TPSA) is 66.9 Å². The molecule has 2 aliphatic heterocycles. The smallest absolute Gasteiger partial charge is 0.254 e. The van der Waals surface area contributed by atoms with Gasteiger partial charge in [-0.05, 0) is 42.2 Å². The Balaban J connectivity index is 1.61. The van der Waals surface area contributed by atoms with Gasteiger partial charge in [0.1, 0.15) is 0 Å². The average Bonchev–Trinajstić information content (AvgIpc) is 2.73. The van der Waals surface area contributed by atoms with Crippen LogP contribution in [0.15, 0.2) is 47.4 Å². The van der Waals surface area contributed by atoms with Crippen LogP contribution >= 0.6 is 0 Å². The van der Waals surface area contributed by atoms with Crippen molar-refractivity contribution in [3.05, 3.63) is 64.7 Å². The maximum Gasteiger partial charge on any atom is 0.254 e. The standard InChI is InChI=1S/C21H24N2O4S/c1-16-6-7-19(28(25,26)23-10-12-27-13-11-23)14-20(16)21(24)22-9-8-17-4-2-3-5-18(17)15-22/h2-7,14H,8-13,15H2,1H3. The van der Waals surface area contributed by atoms with Crippen molar-refractivity contribution in [1.82, 2.24) is 9.21 Å². The van der Waals surface area contributed by atoms with Crippen molar-refractivity contribution in [2.24, 2.45) is 0 Å². The summed E-state index contributed by atoms with van der Waals surface area (Å²) in [5.74, 6) is -0.119. The minimum absolute atomic E-state index is 0.119. The van der Waals surface area contributed by atoms with Crippen molar-refractivity contribution in [3.8, 4) is 0 Å². The summed E-state index contributed by atoms with van der Waals surface area (Å²) in [5.41, 5.74) is 3.65. The molecule has 0 atom stereocenters. The molecule has 0 N–H and O–H groups in total. The molecule has 2 aromatic carbocycles. The highest BCUT2D eigenvalue weighted by atomic mass is 32.2. The highest BCUT2D eigenvalue weighted by Gasteiger charge is 2.29. The predicted octanol–water partition coefficient (Wildman–Crippen LogP) is 2.21. The monoisotopic (exact) mass is 400 g/mol. The second-order valence-corrected chi connectivity index (χ2v) is 9.18. The van der Waals surface area contributed by atoms with Gasteiger partial charge in [-0.2, -0.15) is 4.31 Å². The lowest BCUT2D eigenvalue weighted by Gasteiger charge is -2.30. The lowest BCUT2D eigenvalue weighted by Crippen LogP contribution is -2.40. The van der Waals surface area contributed by atoms with Crippen molar-refractivity contribution in [2.45, 2.75) is 24.8 Å². The lowest BCUT2D eigenvalue weighted by molar-refractivity contribution is 0.0727. The van der Waals surface area contributed by atoms with E-state index in [1.807, 2.05) is 25.1 Å². The Kier molecular flexibility index (Phi) is 5.23. The van der Waals surface area contributed by atoms with Gasteiger partial charge in [-0.15, -0.1) is 0 Å². The molecule has 0 saturated carbocycles. The highest BCUT2D eigenvalue weighted by Crippen LogP contribution is 2.24.